The van der Waals surface area contributed by atoms with Crippen molar-refractivity contribution in [3.05, 3.63) is 65.5 Å². The number of nitrogens with one attached hydrogen (secondary N) is 1. The van der Waals surface area contributed by atoms with Crippen LogP contribution in [0.3, 0.4) is 0 Å². The zero-order chi connectivity index (χ0) is 14.5. The van der Waals surface area contributed by atoms with Gasteiger partial charge in [0.15, 0.2) is 0 Å². The third-order valence-electron chi connectivity index (χ3n) is 3.15. The van der Waals surface area contributed by atoms with Crippen LogP contribution in [0.4, 0.5) is 10.1 Å². The fourth-order valence-electron chi connectivity index (χ4n) is 2.00. The van der Waals surface area contributed by atoms with E-state index >= 15 is 0 Å². The van der Waals surface area contributed by atoms with Gasteiger partial charge in [0.05, 0.1) is 6.42 Å². The Hall–Kier alpha value is -2.16. The van der Waals surface area contributed by atoms with Gasteiger partial charge in [-0.25, -0.2) is 4.39 Å². The highest BCUT2D eigenvalue weighted by atomic mass is 19.1. The van der Waals surface area contributed by atoms with Crippen molar-refractivity contribution in [3.63, 3.8) is 0 Å². The SMILES string of the molecule is CC(C)c1cccc(NC(=O)Cc2ccccc2F)c1. The number of hydrogen-bond donors (Lipinski definition) is 1. The van der Waals surface area contributed by atoms with Gasteiger partial charge >= 0.3 is 0 Å². The highest BCUT2D eigenvalue weighted by Crippen LogP contribution is 2.18. The Morgan fingerprint density at radius 3 is 2.60 bits per heavy atom. The molecule has 20 heavy (non-hydrogen) atoms. The fourth-order valence-corrected chi connectivity index (χ4v) is 2.00. The Balaban J connectivity index is 2.05. The van der Waals surface area contributed by atoms with Gasteiger partial charge in [-0.2, -0.15) is 0 Å². The van der Waals surface area contributed by atoms with Gasteiger partial charge in [-0.1, -0.05) is 44.2 Å². The van der Waals surface area contributed by atoms with Crippen molar-refractivity contribution in [2.24, 2.45) is 0 Å². The first-order valence-corrected chi connectivity index (χ1v) is 6.69. The molecule has 2 aromatic carbocycles. The molecule has 0 fully saturated rings. The first kappa shape index (κ1) is 14.3. The summed E-state index contributed by atoms with van der Waals surface area (Å²) in [4.78, 5) is 11.9. The molecule has 0 unspecified atom stereocenters. The molecule has 0 radical (unpaired) electrons. The summed E-state index contributed by atoms with van der Waals surface area (Å²) < 4.78 is 13.5. The molecule has 1 amide bonds. The first-order valence-electron chi connectivity index (χ1n) is 6.69. The third-order valence-corrected chi connectivity index (χ3v) is 3.15. The van der Waals surface area contributed by atoms with Gasteiger partial charge in [-0.15, -0.1) is 0 Å². The first-order chi connectivity index (χ1) is 9.56. The molecule has 0 aromatic heterocycles. The van der Waals surface area contributed by atoms with E-state index in [4.69, 9.17) is 0 Å². The number of halogens is 1. The molecule has 0 bridgehead atoms. The van der Waals surface area contributed by atoms with Crippen LogP contribution in [-0.4, -0.2) is 5.91 Å². The smallest absolute Gasteiger partial charge is 0.228 e. The maximum Gasteiger partial charge on any atom is 0.228 e. The average molecular weight is 271 g/mol. The lowest BCUT2D eigenvalue weighted by Crippen LogP contribution is -2.15. The number of anilines is 1. The van der Waals surface area contributed by atoms with Gasteiger partial charge < -0.3 is 5.32 Å². The highest BCUT2D eigenvalue weighted by molar-refractivity contribution is 5.92. The molecule has 0 saturated carbocycles. The van der Waals surface area contributed by atoms with E-state index in [1.54, 1.807) is 18.2 Å². The molecule has 104 valence electrons. The molecule has 2 nitrogen and oxygen atoms in total. The van der Waals surface area contributed by atoms with Crippen molar-refractivity contribution in [1.29, 1.82) is 0 Å². The van der Waals surface area contributed by atoms with Crippen LogP contribution in [-0.2, 0) is 11.2 Å². The van der Waals surface area contributed by atoms with Crippen molar-refractivity contribution in [2.75, 3.05) is 5.32 Å². The van der Waals surface area contributed by atoms with Crippen LogP contribution in [0.25, 0.3) is 0 Å². The molecule has 3 heteroatoms. The Bertz CT molecular complexity index is 607. The number of hydrogen-bond acceptors (Lipinski definition) is 1. The summed E-state index contributed by atoms with van der Waals surface area (Å²) in [6, 6.07) is 14.1. The predicted molar refractivity (Wildman–Crippen MR) is 79.3 cm³/mol. The highest BCUT2D eigenvalue weighted by Gasteiger charge is 2.08. The van der Waals surface area contributed by atoms with Crippen molar-refractivity contribution in [3.8, 4) is 0 Å². The average Bonchev–Trinajstić information content (AvgIpc) is 2.41. The summed E-state index contributed by atoms with van der Waals surface area (Å²) in [5, 5.41) is 2.81. The van der Waals surface area contributed by atoms with Crippen molar-refractivity contribution < 1.29 is 9.18 Å². The van der Waals surface area contributed by atoms with Gasteiger partial charge in [0.2, 0.25) is 5.91 Å². The minimum atomic E-state index is -0.349. The Morgan fingerprint density at radius 1 is 1.15 bits per heavy atom. The fraction of sp³-hybridized carbons (Fsp3) is 0.235. The molecule has 0 aliphatic carbocycles. The number of carbonyl (C=O) groups excluding carboxylic acids is 1. The molecular formula is C17H18FNO. The normalized spacial score (nSPS) is 10.6. The molecule has 1 N–H and O–H groups in total. The Kier molecular flexibility index (Phi) is 4.51. The van der Waals surface area contributed by atoms with E-state index in [0.717, 1.165) is 11.3 Å². The van der Waals surface area contributed by atoms with E-state index in [-0.39, 0.29) is 18.1 Å². The maximum atomic E-state index is 13.5. The second-order valence-corrected chi connectivity index (χ2v) is 5.10. The molecule has 0 saturated heterocycles. The van der Waals surface area contributed by atoms with Crippen LogP contribution >= 0.6 is 0 Å². The molecule has 0 atom stereocenters. The molecule has 2 rings (SSSR count). The van der Waals surface area contributed by atoms with Crippen LogP contribution in [0.1, 0.15) is 30.9 Å². The van der Waals surface area contributed by atoms with Gasteiger partial charge in [0.1, 0.15) is 5.82 Å². The molecule has 0 spiro atoms. The largest absolute Gasteiger partial charge is 0.326 e. The quantitative estimate of drug-likeness (QED) is 0.890. The second kappa shape index (κ2) is 6.33. The summed E-state index contributed by atoms with van der Waals surface area (Å²) in [7, 11) is 0. The number of amides is 1. The monoisotopic (exact) mass is 271 g/mol. The van der Waals surface area contributed by atoms with Crippen LogP contribution < -0.4 is 5.32 Å². The number of carbonyl (C=O) groups is 1. The van der Waals surface area contributed by atoms with Crippen LogP contribution in [0.2, 0.25) is 0 Å². The van der Waals surface area contributed by atoms with Crippen molar-refractivity contribution in [2.45, 2.75) is 26.2 Å². The lowest BCUT2D eigenvalue weighted by molar-refractivity contribution is -0.115. The molecule has 0 aliphatic rings. The minimum absolute atomic E-state index is 0.0403. The predicted octanol–water partition coefficient (Wildman–Crippen LogP) is 4.13. The van der Waals surface area contributed by atoms with E-state index in [0.29, 0.717) is 11.5 Å². The summed E-state index contributed by atoms with van der Waals surface area (Å²) in [6.07, 6.45) is 0.0403. The van der Waals surface area contributed by atoms with E-state index in [1.165, 1.54) is 6.07 Å². The van der Waals surface area contributed by atoms with Gasteiger partial charge in [0.25, 0.3) is 0 Å². The standard InChI is InChI=1S/C17H18FNO/c1-12(2)13-7-5-8-15(10-13)19-17(20)11-14-6-3-4-9-16(14)18/h3-10,12H,11H2,1-2H3,(H,19,20). The van der Waals surface area contributed by atoms with Gasteiger partial charge in [-0.05, 0) is 35.2 Å². The topological polar surface area (TPSA) is 29.1 Å². The van der Waals surface area contributed by atoms with Crippen LogP contribution in [0.5, 0.6) is 0 Å². The molecule has 2 aromatic rings. The zero-order valence-electron chi connectivity index (χ0n) is 11.7. The minimum Gasteiger partial charge on any atom is -0.326 e. The summed E-state index contributed by atoms with van der Waals surface area (Å²) in [6.45, 7) is 4.20. The zero-order valence-corrected chi connectivity index (χ0v) is 11.7. The van der Waals surface area contributed by atoms with E-state index in [2.05, 4.69) is 19.2 Å². The maximum absolute atomic E-state index is 13.5. The van der Waals surface area contributed by atoms with E-state index in [9.17, 15) is 9.18 Å². The van der Waals surface area contributed by atoms with Crippen molar-refractivity contribution in [1.82, 2.24) is 0 Å². The summed E-state index contributed by atoms with van der Waals surface area (Å²) in [5.41, 5.74) is 2.32. The summed E-state index contributed by atoms with van der Waals surface area (Å²) in [5.74, 6) is -0.159. The Morgan fingerprint density at radius 2 is 1.90 bits per heavy atom. The lowest BCUT2D eigenvalue weighted by atomic mass is 10.0. The summed E-state index contributed by atoms with van der Waals surface area (Å²) >= 11 is 0. The van der Waals surface area contributed by atoms with Crippen molar-refractivity contribution >= 4 is 11.6 Å². The van der Waals surface area contributed by atoms with Gasteiger partial charge in [-0.3, -0.25) is 4.79 Å². The third kappa shape index (κ3) is 3.67. The molecule has 0 heterocycles. The van der Waals surface area contributed by atoms with Crippen LogP contribution in [0, 0.1) is 5.82 Å². The molecule has 0 aliphatic heterocycles. The number of rotatable bonds is 4. The van der Waals surface area contributed by atoms with E-state index < -0.39 is 0 Å². The second-order valence-electron chi connectivity index (χ2n) is 5.10. The Labute approximate surface area is 118 Å². The van der Waals surface area contributed by atoms with Crippen LogP contribution in [0.15, 0.2) is 48.5 Å². The van der Waals surface area contributed by atoms with E-state index in [1.807, 2.05) is 24.3 Å². The number of benzene rings is 2. The molecular weight excluding hydrogens is 253 g/mol. The lowest BCUT2D eigenvalue weighted by Gasteiger charge is -2.10. The van der Waals surface area contributed by atoms with Gasteiger partial charge in [0, 0.05) is 5.69 Å².